The molecule has 142 valence electrons. The van der Waals surface area contributed by atoms with E-state index in [0.29, 0.717) is 0 Å². The third kappa shape index (κ3) is 3.81. The molecule has 0 unspecified atom stereocenters. The van der Waals surface area contributed by atoms with Crippen molar-refractivity contribution in [3.05, 3.63) is 150 Å². The first-order valence-corrected chi connectivity index (χ1v) is 10.3. The van der Waals surface area contributed by atoms with E-state index in [0.717, 1.165) is 0 Å². The molecule has 0 spiro atoms. The Morgan fingerprint density at radius 2 is 0.900 bits per heavy atom. The molecule has 0 amide bonds. The third-order valence-electron chi connectivity index (χ3n) is 5.45. The van der Waals surface area contributed by atoms with Gasteiger partial charge in [-0.15, -0.1) is 0 Å². The average Bonchev–Trinajstić information content (AvgIpc) is 3.25. The lowest BCUT2D eigenvalue weighted by atomic mass is 9.98. The highest BCUT2D eigenvalue weighted by molar-refractivity contribution is 6.02. The van der Waals surface area contributed by atoms with E-state index in [1.807, 2.05) is 0 Å². The molecule has 0 saturated carbocycles. The van der Waals surface area contributed by atoms with Gasteiger partial charge in [0, 0.05) is 0 Å². The maximum absolute atomic E-state index is 2.30. The highest BCUT2D eigenvalue weighted by Crippen LogP contribution is 2.37. The van der Waals surface area contributed by atoms with Crippen molar-refractivity contribution in [3.63, 3.8) is 0 Å². The lowest BCUT2D eigenvalue weighted by Gasteiger charge is -2.06. The van der Waals surface area contributed by atoms with Gasteiger partial charge in [0.25, 0.3) is 0 Å². The van der Waals surface area contributed by atoms with Crippen molar-refractivity contribution in [2.75, 3.05) is 0 Å². The summed E-state index contributed by atoms with van der Waals surface area (Å²) in [5.74, 6) is 0. The van der Waals surface area contributed by atoms with Crippen LogP contribution in [-0.4, -0.2) is 0 Å². The first-order chi connectivity index (χ1) is 14.9. The number of benzene rings is 4. The normalized spacial score (nSPS) is 14.5. The van der Waals surface area contributed by atoms with Gasteiger partial charge in [-0.25, -0.2) is 0 Å². The molecule has 4 aromatic rings. The Hall–Kier alpha value is -3.90. The van der Waals surface area contributed by atoms with Crippen molar-refractivity contribution >= 4 is 17.2 Å². The van der Waals surface area contributed by atoms with Crippen LogP contribution in [0, 0.1) is 0 Å². The van der Waals surface area contributed by atoms with Crippen molar-refractivity contribution in [2.45, 2.75) is 0 Å². The Morgan fingerprint density at radius 3 is 1.50 bits per heavy atom. The topological polar surface area (TPSA) is 0 Å². The molecule has 0 fully saturated rings. The average molecular weight is 383 g/mol. The quantitative estimate of drug-likeness (QED) is 0.336. The lowest BCUT2D eigenvalue weighted by Crippen LogP contribution is -1.85. The zero-order valence-corrected chi connectivity index (χ0v) is 16.7. The lowest BCUT2D eigenvalue weighted by molar-refractivity contribution is 1.58. The number of allylic oxidation sites excluding steroid dienone is 5. The Labute approximate surface area is 178 Å². The van der Waals surface area contributed by atoms with Crippen molar-refractivity contribution < 1.29 is 0 Å². The van der Waals surface area contributed by atoms with E-state index in [1.54, 1.807) is 0 Å². The summed E-state index contributed by atoms with van der Waals surface area (Å²) < 4.78 is 0. The van der Waals surface area contributed by atoms with Crippen LogP contribution in [0.25, 0.3) is 28.3 Å². The third-order valence-corrected chi connectivity index (χ3v) is 5.45. The summed E-state index contributed by atoms with van der Waals surface area (Å²) in [5, 5.41) is 0. The van der Waals surface area contributed by atoms with Crippen LogP contribution in [0.1, 0.15) is 16.7 Å². The number of hydrogen-bond acceptors (Lipinski definition) is 0. The van der Waals surface area contributed by atoms with Gasteiger partial charge in [0.15, 0.2) is 0 Å². The summed E-state index contributed by atoms with van der Waals surface area (Å²) >= 11 is 0. The molecule has 0 saturated heterocycles. The van der Waals surface area contributed by atoms with E-state index >= 15 is 0 Å². The molecule has 0 radical (unpaired) electrons. The van der Waals surface area contributed by atoms with E-state index in [1.165, 1.54) is 44.5 Å². The predicted octanol–water partition coefficient (Wildman–Crippen LogP) is 7.92. The monoisotopic (exact) mass is 382 g/mol. The van der Waals surface area contributed by atoms with Crippen LogP contribution in [0.5, 0.6) is 0 Å². The number of rotatable bonds is 4. The van der Waals surface area contributed by atoms with Crippen molar-refractivity contribution in [1.82, 2.24) is 0 Å². The second-order valence-corrected chi connectivity index (χ2v) is 7.48. The standard InChI is InChI=1S/C30H22/c1-4-10-24(11-5-1)26-18-16-23(17-19-26)20-29-21-28(25-12-6-2-7-13-25)22-30(29)27-14-8-3-9-15-27/h1-22H/b29-20+. The minimum absolute atomic E-state index is 1.21. The van der Waals surface area contributed by atoms with Crippen LogP contribution in [0.15, 0.2) is 133 Å². The van der Waals surface area contributed by atoms with Gasteiger partial charge in [-0.1, -0.05) is 115 Å². The van der Waals surface area contributed by atoms with Crippen LogP contribution in [0.3, 0.4) is 0 Å². The molecule has 0 N–H and O–H groups in total. The summed E-state index contributed by atoms with van der Waals surface area (Å²) in [7, 11) is 0. The van der Waals surface area contributed by atoms with Crippen LogP contribution >= 0.6 is 0 Å². The molecule has 1 aliphatic carbocycles. The molecule has 0 atom stereocenters. The van der Waals surface area contributed by atoms with Gasteiger partial charge in [0.1, 0.15) is 0 Å². The summed E-state index contributed by atoms with van der Waals surface area (Å²) in [4.78, 5) is 0. The zero-order chi connectivity index (χ0) is 20.2. The summed E-state index contributed by atoms with van der Waals surface area (Å²) in [5.41, 5.74) is 9.94. The van der Waals surface area contributed by atoms with E-state index in [9.17, 15) is 0 Å². The second kappa shape index (κ2) is 8.23. The molecule has 5 rings (SSSR count). The summed E-state index contributed by atoms with van der Waals surface area (Å²) in [6, 6.07) is 40.5. The summed E-state index contributed by atoms with van der Waals surface area (Å²) in [6.07, 6.45) is 6.88. The fourth-order valence-corrected chi connectivity index (χ4v) is 3.89. The van der Waals surface area contributed by atoms with Crippen LogP contribution in [-0.2, 0) is 0 Å². The molecule has 0 heteroatoms. The van der Waals surface area contributed by atoms with Crippen molar-refractivity contribution in [2.24, 2.45) is 0 Å². The second-order valence-electron chi connectivity index (χ2n) is 7.48. The Morgan fingerprint density at radius 1 is 0.400 bits per heavy atom. The maximum Gasteiger partial charge on any atom is -0.0105 e. The van der Waals surface area contributed by atoms with Gasteiger partial charge in [-0.2, -0.15) is 0 Å². The Kier molecular flexibility index (Phi) is 4.98. The highest BCUT2D eigenvalue weighted by atomic mass is 14.2. The largest absolute Gasteiger partial charge is 0.0622 e. The molecular formula is C30H22. The van der Waals surface area contributed by atoms with E-state index < -0.39 is 0 Å². The SMILES string of the molecule is C1=C(c2ccccc2)C=C(c2ccccc2)/C1=C/c1ccc(-c2ccccc2)cc1. The van der Waals surface area contributed by atoms with Gasteiger partial charge in [-0.3, -0.25) is 0 Å². The van der Waals surface area contributed by atoms with Crippen molar-refractivity contribution in [1.29, 1.82) is 0 Å². The maximum atomic E-state index is 2.30. The van der Waals surface area contributed by atoms with Gasteiger partial charge >= 0.3 is 0 Å². The first kappa shape index (κ1) is 18.1. The molecule has 4 aromatic carbocycles. The number of hydrogen-bond donors (Lipinski definition) is 0. The molecular weight excluding hydrogens is 360 g/mol. The smallest absolute Gasteiger partial charge is 0.0105 e. The first-order valence-electron chi connectivity index (χ1n) is 10.3. The van der Waals surface area contributed by atoms with E-state index in [-0.39, 0.29) is 0 Å². The van der Waals surface area contributed by atoms with Crippen LogP contribution in [0.4, 0.5) is 0 Å². The minimum Gasteiger partial charge on any atom is -0.0622 e. The fourth-order valence-electron chi connectivity index (χ4n) is 3.89. The van der Waals surface area contributed by atoms with Crippen molar-refractivity contribution in [3.8, 4) is 11.1 Å². The molecule has 0 aliphatic heterocycles. The summed E-state index contributed by atoms with van der Waals surface area (Å²) in [6.45, 7) is 0. The minimum atomic E-state index is 1.21. The van der Waals surface area contributed by atoms with Gasteiger partial charge < -0.3 is 0 Å². The Bertz CT molecular complexity index is 1220. The Balaban J connectivity index is 1.53. The molecule has 0 heterocycles. The van der Waals surface area contributed by atoms with Crippen LogP contribution < -0.4 is 0 Å². The fraction of sp³-hybridized carbons (Fsp3) is 0. The predicted molar refractivity (Wildman–Crippen MR) is 129 cm³/mol. The van der Waals surface area contributed by atoms with E-state index in [4.69, 9.17) is 0 Å². The molecule has 0 nitrogen and oxygen atoms in total. The van der Waals surface area contributed by atoms with Crippen LogP contribution in [0.2, 0.25) is 0 Å². The molecule has 1 aliphatic rings. The van der Waals surface area contributed by atoms with Gasteiger partial charge in [-0.05, 0) is 62.8 Å². The zero-order valence-electron chi connectivity index (χ0n) is 16.7. The van der Waals surface area contributed by atoms with E-state index in [2.05, 4.69) is 133 Å². The highest BCUT2D eigenvalue weighted by Gasteiger charge is 2.15. The van der Waals surface area contributed by atoms with Gasteiger partial charge in [0.05, 0.1) is 0 Å². The molecule has 30 heavy (non-hydrogen) atoms. The van der Waals surface area contributed by atoms with Gasteiger partial charge in [0.2, 0.25) is 0 Å². The molecule has 0 aromatic heterocycles. The molecule has 0 bridgehead atoms.